The number of allylic oxidation sites excluding steroid dienone is 2. The molecule has 0 bridgehead atoms. The molecular weight excluding hydrogens is 584 g/mol. The summed E-state index contributed by atoms with van der Waals surface area (Å²) < 4.78 is 21.8. The molecule has 0 saturated carbocycles. The van der Waals surface area contributed by atoms with E-state index in [-0.39, 0.29) is 23.1 Å². The molecule has 0 aliphatic carbocycles. The lowest BCUT2D eigenvalue weighted by Gasteiger charge is -2.13. The third kappa shape index (κ3) is 9.75. The Balaban J connectivity index is 0.000000251. The van der Waals surface area contributed by atoms with Gasteiger partial charge in [0, 0.05) is 34.4 Å². The van der Waals surface area contributed by atoms with Crippen LogP contribution in [0.25, 0.3) is 12.2 Å². The number of rotatable bonds is 12. The molecule has 0 fully saturated rings. The van der Waals surface area contributed by atoms with Crippen molar-refractivity contribution in [2.75, 3.05) is 27.4 Å². The molecule has 0 saturated heterocycles. The zero-order valence-corrected chi connectivity index (χ0v) is 27.0. The van der Waals surface area contributed by atoms with E-state index in [1.165, 1.54) is 36.4 Å². The van der Waals surface area contributed by atoms with Crippen molar-refractivity contribution in [1.82, 2.24) is 0 Å². The number of methoxy groups -OCH3 is 2. The number of phenols is 2. The van der Waals surface area contributed by atoms with Crippen molar-refractivity contribution in [1.29, 1.82) is 0 Å². The molecule has 46 heavy (non-hydrogen) atoms. The lowest BCUT2D eigenvalue weighted by atomic mass is 10.1. The second-order valence-corrected chi connectivity index (χ2v) is 10.1. The van der Waals surface area contributed by atoms with E-state index in [9.17, 15) is 19.8 Å². The largest absolute Gasteiger partial charge is 0.508 e. The number of carbonyl (C=O) groups is 2. The molecular formula is C38H40O8. The quantitative estimate of drug-likeness (QED) is 0.120. The summed E-state index contributed by atoms with van der Waals surface area (Å²) >= 11 is 0. The first kappa shape index (κ1) is 35.0. The normalized spacial score (nSPS) is 10.7. The fourth-order valence-electron chi connectivity index (χ4n) is 4.41. The second-order valence-electron chi connectivity index (χ2n) is 10.1. The minimum atomic E-state index is -0.143. The van der Waals surface area contributed by atoms with Crippen molar-refractivity contribution < 1.29 is 38.7 Å². The molecule has 8 nitrogen and oxygen atoms in total. The molecule has 0 aliphatic heterocycles. The van der Waals surface area contributed by atoms with Crippen LogP contribution >= 0.6 is 0 Å². The number of phenolic OH excluding ortho intramolecular Hbond substituents is 2. The van der Waals surface area contributed by atoms with Gasteiger partial charge in [-0.05, 0) is 124 Å². The Labute approximate surface area is 270 Å². The van der Waals surface area contributed by atoms with Crippen LogP contribution in [-0.2, 0) is 0 Å². The average Bonchev–Trinajstić information content (AvgIpc) is 3.05. The molecule has 4 aromatic carbocycles. The van der Waals surface area contributed by atoms with Gasteiger partial charge in [-0.15, -0.1) is 0 Å². The summed E-state index contributed by atoms with van der Waals surface area (Å²) in [7, 11) is 3.18. The van der Waals surface area contributed by atoms with Crippen LogP contribution in [0, 0.1) is 13.8 Å². The Hall–Kier alpha value is -5.50. The Morgan fingerprint density at radius 1 is 0.587 bits per heavy atom. The maximum absolute atomic E-state index is 12.2. The van der Waals surface area contributed by atoms with E-state index in [4.69, 9.17) is 18.9 Å². The van der Waals surface area contributed by atoms with Crippen molar-refractivity contribution in [2.24, 2.45) is 0 Å². The van der Waals surface area contributed by atoms with Crippen LogP contribution in [0.2, 0.25) is 0 Å². The minimum Gasteiger partial charge on any atom is -0.508 e. The van der Waals surface area contributed by atoms with Crippen molar-refractivity contribution in [3.05, 3.63) is 118 Å². The number of ketones is 2. The van der Waals surface area contributed by atoms with Gasteiger partial charge in [0.1, 0.15) is 34.5 Å². The summed E-state index contributed by atoms with van der Waals surface area (Å²) in [5, 5.41) is 18.5. The van der Waals surface area contributed by atoms with Gasteiger partial charge in [-0.3, -0.25) is 9.59 Å². The highest BCUT2D eigenvalue weighted by molar-refractivity contribution is 6.07. The molecule has 0 spiro atoms. The standard InChI is InChI=1S/C20H22O4.C18H18O4/c1-4-23-19-13-20(24-5-2)16(12-14(19)3)8-11-18(22)15-6-9-17(21)10-7-15;1-12-10-14(18(22-3)11-17(12)21-2)6-9-16(20)13-4-7-15(19)8-5-13/h6-13,21H,4-5H2,1-3H3;4-11,19H,1-3H3/b11-8+;9-6+. The highest BCUT2D eigenvalue weighted by atomic mass is 16.5. The maximum atomic E-state index is 12.2. The van der Waals surface area contributed by atoms with Crippen LogP contribution < -0.4 is 18.9 Å². The molecule has 0 unspecified atom stereocenters. The molecule has 4 aromatic rings. The van der Waals surface area contributed by atoms with Gasteiger partial charge in [-0.25, -0.2) is 0 Å². The summed E-state index contributed by atoms with van der Waals surface area (Å²) in [4.78, 5) is 24.3. The zero-order valence-electron chi connectivity index (χ0n) is 27.0. The Morgan fingerprint density at radius 3 is 1.41 bits per heavy atom. The van der Waals surface area contributed by atoms with Crippen molar-refractivity contribution in [3.63, 3.8) is 0 Å². The summed E-state index contributed by atoms with van der Waals surface area (Å²) in [6.07, 6.45) is 6.43. The molecule has 0 heterocycles. The van der Waals surface area contributed by atoms with Crippen LogP contribution in [0.15, 0.2) is 84.9 Å². The van der Waals surface area contributed by atoms with Crippen LogP contribution in [0.5, 0.6) is 34.5 Å². The monoisotopic (exact) mass is 624 g/mol. The van der Waals surface area contributed by atoms with E-state index in [0.717, 1.165) is 33.8 Å². The van der Waals surface area contributed by atoms with Crippen LogP contribution in [0.4, 0.5) is 0 Å². The highest BCUT2D eigenvalue weighted by Gasteiger charge is 2.10. The smallest absolute Gasteiger partial charge is 0.185 e. The van der Waals surface area contributed by atoms with Gasteiger partial charge >= 0.3 is 0 Å². The summed E-state index contributed by atoms with van der Waals surface area (Å²) in [5.74, 6) is 2.82. The molecule has 8 heteroatoms. The lowest BCUT2D eigenvalue weighted by molar-refractivity contribution is 0.103. The van der Waals surface area contributed by atoms with E-state index < -0.39 is 0 Å². The van der Waals surface area contributed by atoms with E-state index in [0.29, 0.717) is 35.8 Å². The van der Waals surface area contributed by atoms with Gasteiger partial charge in [-0.2, -0.15) is 0 Å². The SMILES string of the molecule is CCOc1cc(OCC)c(/C=C/C(=O)c2ccc(O)cc2)cc1C.COc1cc(OC)c(/C=C/C(=O)c2ccc(O)cc2)cc1C. The maximum Gasteiger partial charge on any atom is 0.185 e. The van der Waals surface area contributed by atoms with Gasteiger partial charge in [0.15, 0.2) is 11.6 Å². The zero-order chi connectivity index (χ0) is 33.6. The molecule has 2 N–H and O–H groups in total. The van der Waals surface area contributed by atoms with E-state index >= 15 is 0 Å². The van der Waals surface area contributed by atoms with Gasteiger partial charge in [0.2, 0.25) is 0 Å². The predicted molar refractivity (Wildman–Crippen MR) is 181 cm³/mol. The third-order valence-corrected chi connectivity index (χ3v) is 6.79. The van der Waals surface area contributed by atoms with E-state index in [1.807, 2.05) is 45.9 Å². The van der Waals surface area contributed by atoms with Crippen molar-refractivity contribution >= 4 is 23.7 Å². The molecule has 0 atom stereocenters. The number of ether oxygens (including phenoxy) is 4. The molecule has 0 aliphatic rings. The highest BCUT2D eigenvalue weighted by Crippen LogP contribution is 2.31. The molecule has 0 amide bonds. The molecule has 0 radical (unpaired) electrons. The fourth-order valence-corrected chi connectivity index (χ4v) is 4.41. The Bertz CT molecular complexity index is 1680. The number of benzene rings is 4. The predicted octanol–water partition coefficient (Wildman–Crippen LogP) is 8.01. The molecule has 4 rings (SSSR count). The average molecular weight is 625 g/mol. The third-order valence-electron chi connectivity index (χ3n) is 6.79. The van der Waals surface area contributed by atoms with Crippen LogP contribution in [0.1, 0.15) is 56.8 Å². The summed E-state index contributed by atoms with van der Waals surface area (Å²) in [5.41, 5.74) is 4.60. The first-order chi connectivity index (χ1) is 22.1. The number of aryl methyl sites for hydroxylation is 2. The van der Waals surface area contributed by atoms with Crippen LogP contribution in [0.3, 0.4) is 0 Å². The van der Waals surface area contributed by atoms with E-state index in [2.05, 4.69) is 0 Å². The topological polar surface area (TPSA) is 112 Å². The first-order valence-corrected chi connectivity index (χ1v) is 14.8. The number of hydrogen-bond donors (Lipinski definition) is 2. The number of hydrogen-bond acceptors (Lipinski definition) is 8. The number of carbonyl (C=O) groups excluding carboxylic acids is 2. The van der Waals surface area contributed by atoms with Crippen molar-refractivity contribution in [3.8, 4) is 34.5 Å². The molecule has 240 valence electrons. The minimum absolute atomic E-state index is 0.132. The van der Waals surface area contributed by atoms with E-state index in [1.54, 1.807) is 56.7 Å². The summed E-state index contributed by atoms with van der Waals surface area (Å²) in [6.45, 7) is 8.85. The van der Waals surface area contributed by atoms with Gasteiger partial charge < -0.3 is 29.2 Å². The Kier molecular flexibility index (Phi) is 13.0. The fraction of sp³-hybridized carbons (Fsp3) is 0.211. The Morgan fingerprint density at radius 2 is 0.978 bits per heavy atom. The summed E-state index contributed by atoms with van der Waals surface area (Å²) in [6, 6.07) is 19.8. The van der Waals surface area contributed by atoms with Gasteiger partial charge in [0.25, 0.3) is 0 Å². The number of aromatic hydroxyl groups is 2. The molecule has 0 aromatic heterocycles. The van der Waals surface area contributed by atoms with Gasteiger partial charge in [0.05, 0.1) is 27.4 Å². The van der Waals surface area contributed by atoms with Crippen molar-refractivity contribution in [2.45, 2.75) is 27.7 Å². The first-order valence-electron chi connectivity index (χ1n) is 14.8. The lowest BCUT2D eigenvalue weighted by Crippen LogP contribution is -1.99. The second kappa shape index (κ2) is 17.1. The van der Waals surface area contributed by atoms with Gasteiger partial charge in [-0.1, -0.05) is 0 Å². The van der Waals surface area contributed by atoms with Crippen LogP contribution in [-0.4, -0.2) is 49.2 Å².